The number of piperidine rings is 1. The molecule has 1 aliphatic heterocycles. The number of nitrogens with one attached hydrogen (secondary N) is 2. The van der Waals surface area contributed by atoms with Crippen molar-refractivity contribution in [2.24, 2.45) is 0 Å². The van der Waals surface area contributed by atoms with Gasteiger partial charge in [-0.15, -0.1) is 0 Å². The number of aliphatic hydroxyl groups is 1. The quantitative estimate of drug-likeness (QED) is 0.627. The van der Waals surface area contributed by atoms with Crippen LogP contribution in [0.4, 0.5) is 0 Å². The molecule has 1 saturated heterocycles. The van der Waals surface area contributed by atoms with Crippen LogP contribution in [0.15, 0.2) is 53.3 Å². The summed E-state index contributed by atoms with van der Waals surface area (Å²) < 4.78 is 0. The minimum absolute atomic E-state index is 0.202. The van der Waals surface area contributed by atoms with Crippen molar-refractivity contribution < 1.29 is 5.11 Å². The molecule has 0 saturated carbocycles. The molecule has 1 fully saturated rings. The Kier molecular flexibility index (Phi) is 4.85. The normalized spacial score (nSPS) is 16.8. The molecule has 3 aromatic rings. The number of aromatic amines is 2. The number of hydrogen-bond donors (Lipinski definition) is 3. The summed E-state index contributed by atoms with van der Waals surface area (Å²) in [5.74, 6) is 6.38. The van der Waals surface area contributed by atoms with E-state index in [-0.39, 0.29) is 5.69 Å². The van der Waals surface area contributed by atoms with E-state index in [4.69, 9.17) is 0 Å². The molecule has 2 aromatic carbocycles. The zero-order chi connectivity index (χ0) is 18.7. The van der Waals surface area contributed by atoms with Crippen LogP contribution in [-0.2, 0) is 6.42 Å². The zero-order valence-electron chi connectivity index (χ0n) is 15.2. The molecular formula is C22H23N3O2. The lowest BCUT2D eigenvalue weighted by molar-refractivity contribution is -0.0177. The van der Waals surface area contributed by atoms with E-state index >= 15 is 0 Å². The Bertz CT molecular complexity index is 1030. The van der Waals surface area contributed by atoms with Gasteiger partial charge < -0.3 is 15.1 Å². The first-order valence-corrected chi connectivity index (χ1v) is 9.29. The van der Waals surface area contributed by atoms with Gasteiger partial charge in [0.15, 0.2) is 0 Å². The molecule has 1 aliphatic rings. The molecule has 1 aromatic heterocycles. The van der Waals surface area contributed by atoms with Crippen LogP contribution in [0.25, 0.3) is 11.0 Å². The number of H-pyrrole nitrogens is 2. The van der Waals surface area contributed by atoms with E-state index in [9.17, 15) is 9.90 Å². The first-order chi connectivity index (χ1) is 13.1. The van der Waals surface area contributed by atoms with Crippen LogP contribution < -0.4 is 5.69 Å². The third-order valence-corrected chi connectivity index (χ3v) is 5.21. The SMILES string of the molecule is O=c1[nH]c2ccc(C#CCN3CCC(O)(Cc4ccccc4)CC3)cc2[nH]1. The van der Waals surface area contributed by atoms with Gasteiger partial charge in [0.2, 0.25) is 0 Å². The van der Waals surface area contributed by atoms with E-state index in [0.717, 1.165) is 42.5 Å². The van der Waals surface area contributed by atoms with Crippen molar-refractivity contribution in [3.05, 3.63) is 70.1 Å². The van der Waals surface area contributed by atoms with E-state index in [2.05, 4.69) is 38.8 Å². The largest absolute Gasteiger partial charge is 0.389 e. The first-order valence-electron chi connectivity index (χ1n) is 9.29. The van der Waals surface area contributed by atoms with Crippen molar-refractivity contribution >= 4 is 11.0 Å². The maximum absolute atomic E-state index is 11.3. The van der Waals surface area contributed by atoms with Gasteiger partial charge in [-0.25, -0.2) is 4.79 Å². The van der Waals surface area contributed by atoms with E-state index in [1.807, 2.05) is 36.4 Å². The number of nitrogens with zero attached hydrogens (tertiary/aromatic N) is 1. The molecule has 0 atom stereocenters. The van der Waals surface area contributed by atoms with Gasteiger partial charge in [-0.1, -0.05) is 42.2 Å². The van der Waals surface area contributed by atoms with Crippen molar-refractivity contribution in [3.8, 4) is 11.8 Å². The van der Waals surface area contributed by atoms with Crippen LogP contribution in [0.1, 0.15) is 24.0 Å². The summed E-state index contributed by atoms with van der Waals surface area (Å²) in [5, 5.41) is 10.9. The van der Waals surface area contributed by atoms with Crippen LogP contribution >= 0.6 is 0 Å². The highest BCUT2D eigenvalue weighted by molar-refractivity contribution is 5.76. The molecule has 0 bridgehead atoms. The van der Waals surface area contributed by atoms with Gasteiger partial charge in [-0.05, 0) is 36.6 Å². The number of hydrogen-bond acceptors (Lipinski definition) is 3. The van der Waals surface area contributed by atoms with E-state index in [1.54, 1.807) is 0 Å². The monoisotopic (exact) mass is 361 g/mol. The van der Waals surface area contributed by atoms with Crippen molar-refractivity contribution in [1.29, 1.82) is 0 Å². The number of imidazole rings is 1. The first kappa shape index (κ1) is 17.6. The molecule has 27 heavy (non-hydrogen) atoms. The molecule has 0 radical (unpaired) electrons. The van der Waals surface area contributed by atoms with Crippen LogP contribution in [0.2, 0.25) is 0 Å². The predicted octanol–water partition coefficient (Wildman–Crippen LogP) is 2.28. The van der Waals surface area contributed by atoms with Crippen LogP contribution in [-0.4, -0.2) is 45.2 Å². The maximum atomic E-state index is 11.3. The number of benzene rings is 2. The number of fused-ring (bicyclic) bond motifs is 1. The van der Waals surface area contributed by atoms with Crippen molar-refractivity contribution in [2.45, 2.75) is 24.9 Å². The Morgan fingerprint density at radius 2 is 1.78 bits per heavy atom. The molecule has 2 heterocycles. The summed E-state index contributed by atoms with van der Waals surface area (Å²) in [6.45, 7) is 2.38. The van der Waals surface area contributed by atoms with Crippen LogP contribution in [0, 0.1) is 11.8 Å². The molecule has 0 amide bonds. The second-order valence-corrected chi connectivity index (χ2v) is 7.30. The third-order valence-electron chi connectivity index (χ3n) is 5.21. The summed E-state index contributed by atoms with van der Waals surface area (Å²) in [6.07, 6.45) is 2.24. The summed E-state index contributed by atoms with van der Waals surface area (Å²) >= 11 is 0. The maximum Gasteiger partial charge on any atom is 0.323 e. The Balaban J connectivity index is 1.33. The van der Waals surface area contributed by atoms with Crippen LogP contribution in [0.3, 0.4) is 0 Å². The third kappa shape index (κ3) is 4.30. The fourth-order valence-corrected chi connectivity index (χ4v) is 3.64. The number of likely N-dealkylation sites (tertiary alicyclic amines) is 1. The average Bonchev–Trinajstić information content (AvgIpc) is 3.03. The molecule has 5 heteroatoms. The Hall–Kier alpha value is -2.81. The van der Waals surface area contributed by atoms with Gasteiger partial charge in [-0.3, -0.25) is 4.90 Å². The molecule has 3 N–H and O–H groups in total. The second kappa shape index (κ2) is 7.43. The van der Waals surface area contributed by atoms with Gasteiger partial charge in [0.1, 0.15) is 0 Å². The predicted molar refractivity (Wildman–Crippen MR) is 107 cm³/mol. The lowest BCUT2D eigenvalue weighted by Gasteiger charge is -2.37. The number of rotatable bonds is 3. The molecule has 0 unspecified atom stereocenters. The van der Waals surface area contributed by atoms with Crippen molar-refractivity contribution in [3.63, 3.8) is 0 Å². The summed E-state index contributed by atoms with van der Waals surface area (Å²) in [5.41, 5.74) is 2.82. The molecular weight excluding hydrogens is 338 g/mol. The minimum Gasteiger partial charge on any atom is -0.389 e. The van der Waals surface area contributed by atoms with E-state index < -0.39 is 5.60 Å². The lowest BCUT2D eigenvalue weighted by atomic mass is 9.85. The Morgan fingerprint density at radius 1 is 1.04 bits per heavy atom. The van der Waals surface area contributed by atoms with E-state index in [1.165, 1.54) is 5.56 Å². The summed E-state index contributed by atoms with van der Waals surface area (Å²) in [6, 6.07) is 15.8. The van der Waals surface area contributed by atoms with Gasteiger partial charge in [0, 0.05) is 25.1 Å². The topological polar surface area (TPSA) is 72.1 Å². The molecule has 5 nitrogen and oxygen atoms in total. The van der Waals surface area contributed by atoms with E-state index in [0.29, 0.717) is 13.0 Å². The summed E-state index contributed by atoms with van der Waals surface area (Å²) in [4.78, 5) is 19.1. The highest BCUT2D eigenvalue weighted by Gasteiger charge is 2.31. The molecule has 4 rings (SSSR count). The molecule has 138 valence electrons. The highest BCUT2D eigenvalue weighted by Crippen LogP contribution is 2.26. The number of aromatic nitrogens is 2. The fourth-order valence-electron chi connectivity index (χ4n) is 3.64. The fraction of sp³-hybridized carbons (Fsp3) is 0.318. The van der Waals surface area contributed by atoms with Gasteiger partial charge >= 0.3 is 5.69 Å². The smallest absolute Gasteiger partial charge is 0.323 e. The van der Waals surface area contributed by atoms with Gasteiger partial charge in [0.25, 0.3) is 0 Å². The molecule has 0 aliphatic carbocycles. The van der Waals surface area contributed by atoms with Crippen molar-refractivity contribution in [2.75, 3.05) is 19.6 Å². The standard InChI is InChI=1S/C22H23N3O2/c26-21-23-19-9-8-17(15-20(19)24-21)7-4-12-25-13-10-22(27,11-14-25)16-18-5-2-1-3-6-18/h1-3,5-6,8-9,15,27H,10-14,16H2,(H2,23,24,26). The lowest BCUT2D eigenvalue weighted by Crippen LogP contribution is -2.45. The Labute approximate surface area is 158 Å². The van der Waals surface area contributed by atoms with Crippen molar-refractivity contribution in [1.82, 2.24) is 14.9 Å². The summed E-state index contributed by atoms with van der Waals surface area (Å²) in [7, 11) is 0. The molecule has 0 spiro atoms. The van der Waals surface area contributed by atoms with Crippen LogP contribution in [0.5, 0.6) is 0 Å². The van der Waals surface area contributed by atoms with Gasteiger partial charge in [-0.2, -0.15) is 0 Å². The van der Waals surface area contributed by atoms with Gasteiger partial charge in [0.05, 0.1) is 23.2 Å². The Morgan fingerprint density at radius 3 is 2.56 bits per heavy atom. The second-order valence-electron chi connectivity index (χ2n) is 7.30. The zero-order valence-corrected chi connectivity index (χ0v) is 15.2. The minimum atomic E-state index is -0.615. The highest BCUT2D eigenvalue weighted by atomic mass is 16.3. The average molecular weight is 361 g/mol.